The van der Waals surface area contributed by atoms with Crippen LogP contribution in [-0.2, 0) is 26.5 Å². The Labute approximate surface area is 193 Å². The second kappa shape index (κ2) is 9.29. The second-order valence-electron chi connectivity index (χ2n) is 8.71. The number of benzene rings is 2. The van der Waals surface area contributed by atoms with Crippen LogP contribution in [0.3, 0.4) is 0 Å². The summed E-state index contributed by atoms with van der Waals surface area (Å²) >= 11 is 1.65. The largest absolute Gasteiger partial charge is 0.339 e. The van der Waals surface area contributed by atoms with Gasteiger partial charge in [-0.25, -0.2) is 13.4 Å². The zero-order valence-corrected chi connectivity index (χ0v) is 20.2. The third-order valence-corrected chi connectivity index (χ3v) is 8.12. The standard InChI is InChI=1S/C24H29N3O3S2/c1-24(19-8-4-3-5-9-19,18-22-25-20-10-6-7-11-21(20)31-22)23(28)27-14-12-26(13-15-27)16-17-32(2,29)30/h3-11H,12-18H2,1-2H3. The van der Waals surface area contributed by atoms with Crippen LogP contribution in [0.5, 0.6) is 0 Å². The summed E-state index contributed by atoms with van der Waals surface area (Å²) in [6, 6.07) is 18.0. The Morgan fingerprint density at radius 2 is 1.69 bits per heavy atom. The Balaban J connectivity index is 1.53. The molecule has 32 heavy (non-hydrogen) atoms. The van der Waals surface area contributed by atoms with Gasteiger partial charge in [-0.2, -0.15) is 0 Å². The van der Waals surface area contributed by atoms with Crippen LogP contribution in [0.4, 0.5) is 0 Å². The van der Waals surface area contributed by atoms with E-state index in [0.717, 1.165) is 20.8 Å². The fraction of sp³-hybridized carbons (Fsp3) is 0.417. The van der Waals surface area contributed by atoms with Crippen molar-refractivity contribution in [2.75, 3.05) is 44.7 Å². The molecule has 2 heterocycles. The molecule has 1 aromatic heterocycles. The summed E-state index contributed by atoms with van der Waals surface area (Å²) in [6.45, 7) is 5.12. The minimum Gasteiger partial charge on any atom is -0.339 e. The molecule has 1 atom stereocenters. The quantitative estimate of drug-likeness (QED) is 0.530. The molecule has 0 aliphatic carbocycles. The molecular weight excluding hydrogens is 442 g/mol. The van der Waals surface area contributed by atoms with Gasteiger partial charge in [0.2, 0.25) is 5.91 Å². The highest BCUT2D eigenvalue weighted by molar-refractivity contribution is 7.90. The lowest BCUT2D eigenvalue weighted by Crippen LogP contribution is -2.54. The van der Waals surface area contributed by atoms with Crippen molar-refractivity contribution in [1.82, 2.24) is 14.8 Å². The van der Waals surface area contributed by atoms with Crippen LogP contribution in [0, 0.1) is 0 Å². The number of para-hydroxylation sites is 1. The number of nitrogens with zero attached hydrogens (tertiary/aromatic N) is 3. The highest BCUT2D eigenvalue weighted by Crippen LogP contribution is 2.34. The van der Waals surface area contributed by atoms with Crippen LogP contribution in [0.25, 0.3) is 10.2 Å². The zero-order chi connectivity index (χ0) is 22.8. The first-order valence-corrected chi connectivity index (χ1v) is 13.7. The number of fused-ring (bicyclic) bond motifs is 1. The van der Waals surface area contributed by atoms with E-state index in [4.69, 9.17) is 4.98 Å². The van der Waals surface area contributed by atoms with Crippen LogP contribution in [0.1, 0.15) is 17.5 Å². The van der Waals surface area contributed by atoms with E-state index in [2.05, 4.69) is 11.0 Å². The van der Waals surface area contributed by atoms with Gasteiger partial charge in [-0.1, -0.05) is 42.5 Å². The molecule has 8 heteroatoms. The molecule has 1 unspecified atom stereocenters. The Morgan fingerprint density at radius 1 is 1.03 bits per heavy atom. The van der Waals surface area contributed by atoms with E-state index in [1.165, 1.54) is 6.26 Å². The minimum absolute atomic E-state index is 0.103. The molecule has 170 valence electrons. The van der Waals surface area contributed by atoms with Crippen molar-refractivity contribution in [1.29, 1.82) is 0 Å². The molecule has 0 spiro atoms. The maximum absolute atomic E-state index is 13.9. The van der Waals surface area contributed by atoms with Gasteiger partial charge in [-0.15, -0.1) is 11.3 Å². The Morgan fingerprint density at radius 3 is 2.34 bits per heavy atom. The third-order valence-electron chi connectivity index (χ3n) is 6.16. The van der Waals surface area contributed by atoms with Crippen molar-refractivity contribution in [2.24, 2.45) is 0 Å². The normalized spacial score (nSPS) is 17.4. The number of aromatic nitrogens is 1. The monoisotopic (exact) mass is 471 g/mol. The smallest absolute Gasteiger partial charge is 0.233 e. The van der Waals surface area contributed by atoms with Gasteiger partial charge >= 0.3 is 0 Å². The molecule has 1 saturated heterocycles. The van der Waals surface area contributed by atoms with Crippen LogP contribution >= 0.6 is 11.3 Å². The van der Waals surface area contributed by atoms with Crippen molar-refractivity contribution in [3.63, 3.8) is 0 Å². The minimum atomic E-state index is -2.99. The number of hydrogen-bond acceptors (Lipinski definition) is 6. The maximum Gasteiger partial charge on any atom is 0.233 e. The summed E-state index contributed by atoms with van der Waals surface area (Å²) in [7, 11) is -2.99. The number of piperazine rings is 1. The number of sulfone groups is 1. The van der Waals surface area contributed by atoms with Gasteiger partial charge in [-0.3, -0.25) is 9.69 Å². The molecule has 0 N–H and O–H groups in total. The number of carbonyl (C=O) groups excluding carboxylic acids is 1. The van der Waals surface area contributed by atoms with Crippen LogP contribution in [0.2, 0.25) is 0 Å². The molecule has 3 aromatic rings. The fourth-order valence-corrected chi connectivity index (χ4v) is 5.94. The molecule has 4 rings (SSSR count). The average molecular weight is 472 g/mol. The van der Waals surface area contributed by atoms with Crippen LogP contribution in [-0.4, -0.2) is 73.8 Å². The summed E-state index contributed by atoms with van der Waals surface area (Å²) in [5.74, 6) is 0.256. The fourth-order valence-electron chi connectivity index (χ4n) is 4.22. The van der Waals surface area contributed by atoms with Gasteiger partial charge in [0.15, 0.2) is 0 Å². The van der Waals surface area contributed by atoms with Gasteiger partial charge in [0, 0.05) is 45.4 Å². The van der Waals surface area contributed by atoms with Gasteiger partial charge in [0.05, 0.1) is 26.4 Å². The van der Waals surface area contributed by atoms with Crippen molar-refractivity contribution in [3.05, 3.63) is 65.2 Å². The first kappa shape index (κ1) is 22.9. The Kier molecular flexibility index (Phi) is 6.65. The lowest BCUT2D eigenvalue weighted by atomic mass is 9.78. The van der Waals surface area contributed by atoms with E-state index in [0.29, 0.717) is 39.1 Å². The molecule has 1 amide bonds. The highest BCUT2D eigenvalue weighted by atomic mass is 32.2. The molecule has 2 aromatic carbocycles. The van der Waals surface area contributed by atoms with Crippen molar-refractivity contribution >= 4 is 37.3 Å². The molecule has 1 aliphatic rings. The average Bonchev–Trinajstić information content (AvgIpc) is 3.19. The number of amides is 1. The van der Waals surface area contributed by atoms with E-state index in [9.17, 15) is 13.2 Å². The van der Waals surface area contributed by atoms with Crippen molar-refractivity contribution < 1.29 is 13.2 Å². The predicted octanol–water partition coefficient (Wildman–Crippen LogP) is 2.99. The molecule has 0 radical (unpaired) electrons. The van der Waals surface area contributed by atoms with Crippen molar-refractivity contribution in [3.8, 4) is 0 Å². The summed E-state index contributed by atoms with van der Waals surface area (Å²) in [4.78, 5) is 22.7. The number of hydrogen-bond donors (Lipinski definition) is 0. The molecule has 0 saturated carbocycles. The number of carbonyl (C=O) groups is 1. The number of rotatable bonds is 7. The highest BCUT2D eigenvalue weighted by Gasteiger charge is 2.40. The van der Waals surface area contributed by atoms with E-state index in [1.54, 1.807) is 11.3 Å². The second-order valence-corrected chi connectivity index (χ2v) is 12.1. The predicted molar refractivity (Wildman–Crippen MR) is 130 cm³/mol. The summed E-state index contributed by atoms with van der Waals surface area (Å²) < 4.78 is 24.1. The van der Waals surface area contributed by atoms with Crippen LogP contribution in [0.15, 0.2) is 54.6 Å². The van der Waals surface area contributed by atoms with Gasteiger partial charge in [-0.05, 0) is 24.6 Å². The van der Waals surface area contributed by atoms with Gasteiger partial charge in [0.25, 0.3) is 0 Å². The van der Waals surface area contributed by atoms with Crippen LogP contribution < -0.4 is 0 Å². The lowest BCUT2D eigenvalue weighted by molar-refractivity contribution is -0.138. The SMILES string of the molecule is CC(Cc1nc2ccccc2s1)(C(=O)N1CCN(CCS(C)(=O)=O)CC1)c1ccccc1. The molecule has 1 fully saturated rings. The topological polar surface area (TPSA) is 70.6 Å². The Hall–Kier alpha value is -2.29. The van der Waals surface area contributed by atoms with E-state index in [1.807, 2.05) is 60.4 Å². The van der Waals surface area contributed by atoms with Crippen molar-refractivity contribution in [2.45, 2.75) is 18.8 Å². The lowest BCUT2D eigenvalue weighted by Gasteiger charge is -2.40. The zero-order valence-electron chi connectivity index (χ0n) is 18.5. The maximum atomic E-state index is 13.9. The summed E-state index contributed by atoms with van der Waals surface area (Å²) in [5.41, 5.74) is 1.24. The first-order valence-electron chi connectivity index (χ1n) is 10.8. The van der Waals surface area contributed by atoms with E-state index in [-0.39, 0.29) is 11.7 Å². The van der Waals surface area contributed by atoms with E-state index < -0.39 is 15.3 Å². The number of thiazole rings is 1. The van der Waals surface area contributed by atoms with Gasteiger partial charge in [0.1, 0.15) is 9.84 Å². The molecule has 1 aliphatic heterocycles. The van der Waals surface area contributed by atoms with E-state index >= 15 is 0 Å². The third kappa shape index (κ3) is 5.19. The van der Waals surface area contributed by atoms with Gasteiger partial charge < -0.3 is 4.90 Å². The summed E-state index contributed by atoms with van der Waals surface area (Å²) in [6.07, 6.45) is 1.81. The molecule has 0 bridgehead atoms. The Bertz CT molecular complexity index is 1150. The summed E-state index contributed by atoms with van der Waals surface area (Å²) in [5, 5.41) is 0.956. The molecular formula is C24H29N3O3S2. The molecule has 6 nitrogen and oxygen atoms in total. The first-order chi connectivity index (χ1) is 15.2.